The van der Waals surface area contributed by atoms with Crippen LogP contribution in [0.1, 0.15) is 49.3 Å². The average molecular weight is 329 g/mol. The molecule has 1 aromatic rings. The Morgan fingerprint density at radius 2 is 1.96 bits per heavy atom. The first kappa shape index (κ1) is 17.0. The number of ether oxygens (including phenoxy) is 2. The third-order valence-corrected chi connectivity index (χ3v) is 5.31. The second-order valence-electron chi connectivity index (χ2n) is 6.93. The molecule has 1 N–H and O–H groups in total. The first-order valence-corrected chi connectivity index (χ1v) is 8.81. The summed E-state index contributed by atoms with van der Waals surface area (Å²) >= 11 is 0. The molecule has 4 heteroatoms. The molecule has 0 unspecified atom stereocenters. The van der Waals surface area contributed by atoms with E-state index in [1.165, 1.54) is 0 Å². The first-order valence-electron chi connectivity index (χ1n) is 8.81. The maximum absolute atomic E-state index is 12.9. The number of hydrogen-bond donors (Lipinski definition) is 1. The Balaban J connectivity index is 2.07. The molecule has 0 saturated heterocycles. The summed E-state index contributed by atoms with van der Waals surface area (Å²) in [5.41, 5.74) is 3.59. The van der Waals surface area contributed by atoms with Gasteiger partial charge >= 0.3 is 0 Å². The van der Waals surface area contributed by atoms with Crippen molar-refractivity contribution in [3.8, 4) is 0 Å². The maximum atomic E-state index is 12.9. The molecule has 24 heavy (non-hydrogen) atoms. The SMILES string of the molecule is CCOC1=C(c2cc(C)ccc2C)C(=O)NC12CCC(OC)CC2. The highest BCUT2D eigenvalue weighted by Crippen LogP contribution is 2.44. The van der Waals surface area contributed by atoms with Gasteiger partial charge in [-0.25, -0.2) is 0 Å². The summed E-state index contributed by atoms with van der Waals surface area (Å²) in [5, 5.41) is 3.25. The molecule has 2 aliphatic rings. The number of amides is 1. The Hall–Kier alpha value is -1.81. The zero-order chi connectivity index (χ0) is 17.3. The van der Waals surface area contributed by atoms with Crippen molar-refractivity contribution in [2.24, 2.45) is 0 Å². The van der Waals surface area contributed by atoms with Crippen LogP contribution >= 0.6 is 0 Å². The van der Waals surface area contributed by atoms with Gasteiger partial charge in [-0.15, -0.1) is 0 Å². The first-order chi connectivity index (χ1) is 11.5. The van der Waals surface area contributed by atoms with Crippen LogP contribution in [-0.2, 0) is 14.3 Å². The van der Waals surface area contributed by atoms with Gasteiger partial charge in [-0.3, -0.25) is 4.79 Å². The molecular formula is C20H27NO3. The zero-order valence-electron chi connectivity index (χ0n) is 15.1. The highest BCUT2D eigenvalue weighted by Gasteiger charge is 2.49. The fourth-order valence-corrected chi connectivity index (χ4v) is 3.96. The molecule has 1 amide bonds. The standard InChI is InChI=1S/C20H27NO3/c1-5-24-18-17(16-12-13(2)6-7-14(16)3)19(22)21-20(18)10-8-15(23-4)9-11-20/h6-7,12,15H,5,8-11H2,1-4H3,(H,21,22). The normalized spacial score (nSPS) is 26.8. The molecule has 1 aliphatic carbocycles. The lowest BCUT2D eigenvalue weighted by Gasteiger charge is -2.38. The predicted molar refractivity (Wildman–Crippen MR) is 94.6 cm³/mol. The summed E-state index contributed by atoms with van der Waals surface area (Å²) in [5.74, 6) is 0.821. The highest BCUT2D eigenvalue weighted by atomic mass is 16.5. The minimum absolute atomic E-state index is 0.0111. The van der Waals surface area contributed by atoms with Crippen molar-refractivity contribution in [2.75, 3.05) is 13.7 Å². The summed E-state index contributed by atoms with van der Waals surface area (Å²) in [6, 6.07) is 6.23. The van der Waals surface area contributed by atoms with Crippen molar-refractivity contribution < 1.29 is 14.3 Å². The van der Waals surface area contributed by atoms with Crippen molar-refractivity contribution in [1.82, 2.24) is 5.32 Å². The second kappa shape index (κ2) is 6.60. The molecule has 0 bridgehead atoms. The molecule has 130 valence electrons. The molecule has 0 aromatic heterocycles. The molecule has 1 fully saturated rings. The van der Waals surface area contributed by atoms with E-state index >= 15 is 0 Å². The number of nitrogens with one attached hydrogen (secondary N) is 1. The number of carbonyl (C=O) groups is 1. The van der Waals surface area contributed by atoms with Gasteiger partial charge in [0.15, 0.2) is 0 Å². The molecule has 1 heterocycles. The summed E-state index contributed by atoms with van der Waals surface area (Å²) < 4.78 is 11.5. The zero-order valence-corrected chi connectivity index (χ0v) is 15.1. The number of benzene rings is 1. The lowest BCUT2D eigenvalue weighted by Crippen LogP contribution is -2.48. The predicted octanol–water partition coefficient (Wildman–Crippen LogP) is 3.51. The number of aryl methyl sites for hydroxylation is 2. The van der Waals surface area contributed by atoms with Gasteiger partial charge in [0.2, 0.25) is 0 Å². The summed E-state index contributed by atoms with van der Waals surface area (Å²) in [6.45, 7) is 6.64. The lowest BCUT2D eigenvalue weighted by atomic mass is 9.79. The Labute approximate surface area is 144 Å². The molecule has 3 rings (SSSR count). The Bertz CT molecular complexity index is 669. The Morgan fingerprint density at radius 1 is 1.25 bits per heavy atom. The van der Waals surface area contributed by atoms with Crippen LogP contribution < -0.4 is 5.32 Å². The third-order valence-electron chi connectivity index (χ3n) is 5.31. The van der Waals surface area contributed by atoms with E-state index in [0.29, 0.717) is 12.2 Å². The molecular weight excluding hydrogens is 302 g/mol. The van der Waals surface area contributed by atoms with E-state index in [4.69, 9.17) is 9.47 Å². The van der Waals surface area contributed by atoms with E-state index in [9.17, 15) is 4.79 Å². The van der Waals surface area contributed by atoms with Gasteiger partial charge in [0.05, 0.1) is 23.8 Å². The van der Waals surface area contributed by atoms with Crippen LogP contribution in [0, 0.1) is 13.8 Å². The Kier molecular flexibility index (Phi) is 4.68. The second-order valence-corrected chi connectivity index (χ2v) is 6.93. The van der Waals surface area contributed by atoms with Gasteiger partial charge in [-0.05, 0) is 57.6 Å². The van der Waals surface area contributed by atoms with Crippen molar-refractivity contribution in [2.45, 2.75) is 58.1 Å². The lowest BCUT2D eigenvalue weighted by molar-refractivity contribution is -0.116. The molecule has 0 radical (unpaired) electrons. The molecule has 1 spiro atoms. The van der Waals surface area contributed by atoms with Crippen LogP contribution in [0.25, 0.3) is 5.57 Å². The van der Waals surface area contributed by atoms with Gasteiger partial charge in [0.1, 0.15) is 5.76 Å². The van der Waals surface area contributed by atoms with Crippen molar-refractivity contribution in [3.63, 3.8) is 0 Å². The van der Waals surface area contributed by atoms with E-state index in [0.717, 1.165) is 48.1 Å². The third kappa shape index (κ3) is 2.84. The van der Waals surface area contributed by atoms with E-state index in [1.54, 1.807) is 7.11 Å². The van der Waals surface area contributed by atoms with Crippen LogP contribution in [0.2, 0.25) is 0 Å². The monoisotopic (exact) mass is 329 g/mol. The van der Waals surface area contributed by atoms with Crippen molar-refractivity contribution in [1.29, 1.82) is 0 Å². The van der Waals surface area contributed by atoms with Gasteiger partial charge in [-0.1, -0.05) is 23.8 Å². The van der Waals surface area contributed by atoms with Gasteiger partial charge in [-0.2, -0.15) is 0 Å². The van der Waals surface area contributed by atoms with Crippen LogP contribution in [0.15, 0.2) is 24.0 Å². The number of methoxy groups -OCH3 is 1. The van der Waals surface area contributed by atoms with Crippen molar-refractivity contribution in [3.05, 3.63) is 40.6 Å². The maximum Gasteiger partial charge on any atom is 0.256 e. The van der Waals surface area contributed by atoms with Crippen molar-refractivity contribution >= 4 is 11.5 Å². The highest BCUT2D eigenvalue weighted by molar-refractivity contribution is 6.23. The van der Waals surface area contributed by atoms with E-state index < -0.39 is 0 Å². The fourth-order valence-electron chi connectivity index (χ4n) is 3.96. The average Bonchev–Trinajstić information content (AvgIpc) is 2.83. The van der Waals surface area contributed by atoms with Gasteiger partial charge in [0.25, 0.3) is 5.91 Å². The Morgan fingerprint density at radius 3 is 2.58 bits per heavy atom. The molecule has 1 aromatic carbocycles. The number of carbonyl (C=O) groups excluding carboxylic acids is 1. The van der Waals surface area contributed by atoms with E-state index in [-0.39, 0.29) is 17.6 Å². The minimum atomic E-state index is -0.367. The molecule has 1 saturated carbocycles. The van der Waals surface area contributed by atoms with Crippen LogP contribution in [0.5, 0.6) is 0 Å². The van der Waals surface area contributed by atoms with E-state index in [2.05, 4.69) is 30.4 Å². The fraction of sp³-hybridized carbons (Fsp3) is 0.550. The van der Waals surface area contributed by atoms with Crippen LogP contribution in [0.3, 0.4) is 0 Å². The smallest absolute Gasteiger partial charge is 0.256 e. The molecule has 0 atom stereocenters. The minimum Gasteiger partial charge on any atom is -0.495 e. The van der Waals surface area contributed by atoms with Crippen LogP contribution in [-0.4, -0.2) is 31.3 Å². The number of rotatable bonds is 4. The summed E-state index contributed by atoms with van der Waals surface area (Å²) in [6.07, 6.45) is 3.88. The van der Waals surface area contributed by atoms with Crippen LogP contribution in [0.4, 0.5) is 0 Å². The largest absolute Gasteiger partial charge is 0.495 e. The summed E-state index contributed by atoms with van der Waals surface area (Å²) in [4.78, 5) is 12.9. The van der Waals surface area contributed by atoms with Gasteiger partial charge in [0, 0.05) is 7.11 Å². The summed E-state index contributed by atoms with van der Waals surface area (Å²) in [7, 11) is 1.76. The molecule has 4 nitrogen and oxygen atoms in total. The quantitative estimate of drug-likeness (QED) is 0.919. The molecule has 1 aliphatic heterocycles. The van der Waals surface area contributed by atoms with E-state index in [1.807, 2.05) is 13.8 Å². The number of hydrogen-bond acceptors (Lipinski definition) is 3. The van der Waals surface area contributed by atoms with Gasteiger partial charge < -0.3 is 14.8 Å². The topological polar surface area (TPSA) is 47.6 Å².